The Morgan fingerprint density at radius 1 is 1.25 bits per heavy atom. The molecule has 0 bridgehead atoms. The third-order valence-corrected chi connectivity index (χ3v) is 1.82. The number of ether oxygens (including phenoxy) is 1. The van der Waals surface area contributed by atoms with Crippen LogP contribution >= 0.6 is 0 Å². The van der Waals surface area contributed by atoms with E-state index in [1.54, 1.807) is 0 Å². The minimum atomic E-state index is -0.690. The summed E-state index contributed by atoms with van der Waals surface area (Å²) in [5.74, 6) is 0. The summed E-state index contributed by atoms with van der Waals surface area (Å²) in [5, 5.41) is 0. The summed E-state index contributed by atoms with van der Waals surface area (Å²) in [4.78, 5) is 15.0. The van der Waals surface area contributed by atoms with Gasteiger partial charge in [0.25, 0.3) is 0 Å². The summed E-state index contributed by atoms with van der Waals surface area (Å²) in [6.45, 7) is 1.55. The summed E-state index contributed by atoms with van der Waals surface area (Å²) in [5.41, 5.74) is 7.98. The molecule has 1 rings (SSSR count). The maximum absolute atomic E-state index is 10.2. The second-order valence-corrected chi connectivity index (χ2v) is 3.21. The summed E-state index contributed by atoms with van der Waals surface area (Å²) in [7, 11) is 0. The first-order chi connectivity index (χ1) is 7.79. The Balaban J connectivity index is 1.94. The van der Waals surface area contributed by atoms with E-state index in [-0.39, 0.29) is 0 Å². The number of carbonyl (C=O) groups is 1. The van der Waals surface area contributed by atoms with Crippen molar-refractivity contribution in [2.45, 2.75) is 13.0 Å². The average molecular weight is 224 g/mol. The molecule has 1 aromatic rings. The molecule has 0 aliphatic rings. The van der Waals surface area contributed by atoms with Gasteiger partial charge in [0.05, 0.1) is 13.2 Å². The van der Waals surface area contributed by atoms with Crippen molar-refractivity contribution in [1.29, 1.82) is 0 Å². The molecule has 0 fully saturated rings. The van der Waals surface area contributed by atoms with Gasteiger partial charge in [-0.15, -0.1) is 0 Å². The van der Waals surface area contributed by atoms with Gasteiger partial charge in [-0.1, -0.05) is 30.3 Å². The number of amides is 2. The van der Waals surface area contributed by atoms with Crippen LogP contribution in [0.25, 0.3) is 0 Å². The zero-order valence-corrected chi connectivity index (χ0v) is 9.02. The quantitative estimate of drug-likeness (QED) is 0.539. The fourth-order valence-corrected chi connectivity index (χ4v) is 1.12. The van der Waals surface area contributed by atoms with Crippen molar-refractivity contribution < 1.29 is 14.4 Å². The number of hydrogen-bond acceptors (Lipinski definition) is 3. The van der Waals surface area contributed by atoms with Crippen LogP contribution in [0.4, 0.5) is 4.79 Å². The number of urea groups is 1. The third kappa shape index (κ3) is 6.00. The van der Waals surface area contributed by atoms with Crippen molar-refractivity contribution >= 4 is 6.03 Å². The second kappa shape index (κ2) is 7.67. The molecule has 88 valence electrons. The van der Waals surface area contributed by atoms with Gasteiger partial charge in [0.1, 0.15) is 0 Å². The van der Waals surface area contributed by atoms with E-state index in [2.05, 4.69) is 0 Å². The Morgan fingerprint density at radius 3 is 2.69 bits per heavy atom. The summed E-state index contributed by atoms with van der Waals surface area (Å²) >= 11 is 0. The van der Waals surface area contributed by atoms with Gasteiger partial charge in [0.15, 0.2) is 0 Å². The zero-order valence-electron chi connectivity index (χ0n) is 9.02. The summed E-state index contributed by atoms with van der Waals surface area (Å²) in [6, 6.07) is 9.23. The van der Waals surface area contributed by atoms with E-state index in [0.717, 1.165) is 5.56 Å². The van der Waals surface area contributed by atoms with Crippen LogP contribution in [0.5, 0.6) is 0 Å². The van der Waals surface area contributed by atoms with Crippen molar-refractivity contribution in [2.75, 3.05) is 13.2 Å². The van der Waals surface area contributed by atoms with Gasteiger partial charge in [0.2, 0.25) is 0 Å². The molecule has 1 aromatic carbocycles. The first kappa shape index (κ1) is 12.5. The first-order valence-corrected chi connectivity index (χ1v) is 5.08. The van der Waals surface area contributed by atoms with Crippen LogP contribution in [0.2, 0.25) is 0 Å². The van der Waals surface area contributed by atoms with E-state index in [1.165, 1.54) is 0 Å². The monoisotopic (exact) mass is 224 g/mol. The van der Waals surface area contributed by atoms with Crippen LogP contribution in [0.1, 0.15) is 12.0 Å². The van der Waals surface area contributed by atoms with E-state index in [9.17, 15) is 4.79 Å². The highest BCUT2D eigenvalue weighted by molar-refractivity contribution is 5.70. The molecule has 0 radical (unpaired) electrons. The molecular formula is C11H16N2O3. The average Bonchev–Trinajstić information content (AvgIpc) is 2.29. The normalized spacial score (nSPS) is 10.0. The van der Waals surface area contributed by atoms with Gasteiger partial charge in [-0.05, 0) is 12.0 Å². The maximum Gasteiger partial charge on any atom is 0.336 e. The Morgan fingerprint density at radius 2 is 2.00 bits per heavy atom. The second-order valence-electron chi connectivity index (χ2n) is 3.21. The number of primary amides is 1. The fourth-order valence-electron chi connectivity index (χ4n) is 1.12. The molecule has 0 saturated carbocycles. The van der Waals surface area contributed by atoms with Crippen molar-refractivity contribution in [2.24, 2.45) is 5.73 Å². The van der Waals surface area contributed by atoms with Crippen LogP contribution in [-0.2, 0) is 16.2 Å². The largest absolute Gasteiger partial charge is 0.377 e. The van der Waals surface area contributed by atoms with Gasteiger partial charge in [-0.3, -0.25) is 4.84 Å². The molecule has 5 heteroatoms. The minimum absolute atomic E-state index is 0.387. The van der Waals surface area contributed by atoms with E-state index in [0.29, 0.717) is 26.2 Å². The van der Waals surface area contributed by atoms with E-state index < -0.39 is 6.03 Å². The predicted molar refractivity (Wildman–Crippen MR) is 59.4 cm³/mol. The highest BCUT2D eigenvalue weighted by Gasteiger charge is 1.94. The van der Waals surface area contributed by atoms with Crippen LogP contribution in [0.15, 0.2) is 30.3 Å². The Kier molecular flexibility index (Phi) is 5.98. The molecule has 3 N–H and O–H groups in total. The molecule has 0 unspecified atom stereocenters. The standard InChI is InChI=1S/C11H16N2O3/c12-11(14)13-16-8-4-7-15-9-10-5-2-1-3-6-10/h1-3,5-6H,4,7-9H2,(H3,12,13,14). The lowest BCUT2D eigenvalue weighted by atomic mass is 10.2. The van der Waals surface area contributed by atoms with E-state index >= 15 is 0 Å². The summed E-state index contributed by atoms with van der Waals surface area (Å²) < 4.78 is 5.40. The summed E-state index contributed by atoms with van der Waals surface area (Å²) in [6.07, 6.45) is 0.702. The van der Waals surface area contributed by atoms with Gasteiger partial charge in [-0.2, -0.15) is 0 Å². The lowest BCUT2D eigenvalue weighted by molar-refractivity contribution is 0.0388. The van der Waals surface area contributed by atoms with Gasteiger partial charge < -0.3 is 10.5 Å². The highest BCUT2D eigenvalue weighted by Crippen LogP contribution is 2.00. The van der Waals surface area contributed by atoms with E-state index in [1.807, 2.05) is 35.8 Å². The number of rotatable bonds is 7. The van der Waals surface area contributed by atoms with Crippen molar-refractivity contribution in [3.05, 3.63) is 35.9 Å². The predicted octanol–water partition coefficient (Wildman–Crippen LogP) is 1.19. The van der Waals surface area contributed by atoms with Crippen LogP contribution in [-0.4, -0.2) is 19.2 Å². The number of benzene rings is 1. The van der Waals surface area contributed by atoms with Gasteiger partial charge >= 0.3 is 6.03 Å². The number of hydroxylamine groups is 1. The molecule has 0 spiro atoms. The first-order valence-electron chi connectivity index (χ1n) is 5.08. The van der Waals surface area contributed by atoms with Gasteiger partial charge in [-0.25, -0.2) is 10.3 Å². The van der Waals surface area contributed by atoms with Crippen molar-refractivity contribution in [3.63, 3.8) is 0 Å². The highest BCUT2D eigenvalue weighted by atomic mass is 16.7. The molecule has 0 heterocycles. The minimum Gasteiger partial charge on any atom is -0.377 e. The fraction of sp³-hybridized carbons (Fsp3) is 0.364. The molecule has 2 amide bonds. The van der Waals surface area contributed by atoms with Gasteiger partial charge in [0, 0.05) is 6.61 Å². The van der Waals surface area contributed by atoms with Crippen molar-refractivity contribution in [1.82, 2.24) is 5.48 Å². The number of carbonyl (C=O) groups excluding carboxylic acids is 1. The lowest BCUT2D eigenvalue weighted by Crippen LogP contribution is -2.29. The molecule has 16 heavy (non-hydrogen) atoms. The third-order valence-electron chi connectivity index (χ3n) is 1.82. The maximum atomic E-state index is 10.2. The van der Waals surface area contributed by atoms with Crippen LogP contribution in [0, 0.1) is 0 Å². The molecule has 0 aliphatic carbocycles. The molecule has 0 aromatic heterocycles. The smallest absolute Gasteiger partial charge is 0.336 e. The van der Waals surface area contributed by atoms with E-state index in [4.69, 9.17) is 15.3 Å². The Hall–Kier alpha value is -1.59. The molecule has 5 nitrogen and oxygen atoms in total. The molecule has 0 saturated heterocycles. The lowest BCUT2D eigenvalue weighted by Gasteiger charge is -2.05. The molecule has 0 aliphatic heterocycles. The number of nitrogens with one attached hydrogen (secondary N) is 1. The van der Waals surface area contributed by atoms with Crippen LogP contribution < -0.4 is 11.2 Å². The van der Waals surface area contributed by atoms with Crippen molar-refractivity contribution in [3.8, 4) is 0 Å². The number of nitrogens with two attached hydrogens (primary N) is 1. The number of hydrogen-bond donors (Lipinski definition) is 2. The van der Waals surface area contributed by atoms with Crippen LogP contribution in [0.3, 0.4) is 0 Å². The SMILES string of the molecule is NC(=O)NOCCCOCc1ccccc1. The topological polar surface area (TPSA) is 73.6 Å². The Labute approximate surface area is 94.5 Å². The zero-order chi connectivity index (χ0) is 11.6. The molecular weight excluding hydrogens is 208 g/mol. The molecule has 0 atom stereocenters. The Bertz CT molecular complexity index is 303.